The number of alkyl halides is 3. The summed E-state index contributed by atoms with van der Waals surface area (Å²) in [7, 11) is 1.78. The third-order valence-electron chi connectivity index (χ3n) is 2.64. The summed E-state index contributed by atoms with van der Waals surface area (Å²) in [6, 6.07) is 4.93. The highest BCUT2D eigenvalue weighted by Crippen LogP contribution is 2.28. The summed E-state index contributed by atoms with van der Waals surface area (Å²) >= 11 is 0. The van der Waals surface area contributed by atoms with E-state index in [1.807, 2.05) is 0 Å². The number of quaternary nitrogens is 1. The Morgan fingerprint density at radius 1 is 1.35 bits per heavy atom. The van der Waals surface area contributed by atoms with Crippen LogP contribution in [0.25, 0.3) is 0 Å². The minimum Gasteiger partial charge on any atom is -0.340 e. The van der Waals surface area contributed by atoms with Crippen LogP contribution in [0.1, 0.15) is 11.1 Å². The van der Waals surface area contributed by atoms with Gasteiger partial charge in [-0.05, 0) is 12.1 Å². The molecule has 0 saturated carbocycles. The lowest BCUT2D eigenvalue weighted by molar-refractivity contribution is -0.885. The molecule has 108 valence electrons. The molecule has 2 N–H and O–H groups in total. The fourth-order valence-electron chi connectivity index (χ4n) is 1.71. The monoisotopic (exact) mass is 285 g/mol. The first-order valence-electron chi connectivity index (χ1n) is 6.00. The SMILES string of the molecule is C#CCNC(=O)C[NH+](C)Cc1ccc(C(F)(F)F)cc1. The van der Waals surface area contributed by atoms with Gasteiger partial charge in [0.1, 0.15) is 6.54 Å². The standard InChI is InChI=1S/C14H15F3N2O/c1-3-8-18-13(20)10-19(2)9-11-4-6-12(7-5-11)14(15,16)17/h1,4-7H,8-10H2,2H3,(H,18,20)/p+1. The normalized spacial score (nSPS) is 12.6. The molecular weight excluding hydrogens is 269 g/mol. The van der Waals surface area contributed by atoms with E-state index in [9.17, 15) is 18.0 Å². The molecule has 0 aromatic heterocycles. The molecule has 1 atom stereocenters. The maximum atomic E-state index is 12.4. The van der Waals surface area contributed by atoms with Crippen molar-refractivity contribution in [1.29, 1.82) is 0 Å². The zero-order valence-corrected chi connectivity index (χ0v) is 11.1. The van der Waals surface area contributed by atoms with E-state index < -0.39 is 11.7 Å². The van der Waals surface area contributed by atoms with E-state index in [-0.39, 0.29) is 19.0 Å². The predicted octanol–water partition coefficient (Wildman–Crippen LogP) is 0.470. The third kappa shape index (κ3) is 5.33. The Hall–Kier alpha value is -2.00. The first kappa shape index (κ1) is 16.1. The zero-order chi connectivity index (χ0) is 15.2. The van der Waals surface area contributed by atoms with E-state index in [1.165, 1.54) is 12.1 Å². The Balaban J connectivity index is 2.52. The van der Waals surface area contributed by atoms with Crippen molar-refractivity contribution in [3.63, 3.8) is 0 Å². The van der Waals surface area contributed by atoms with Gasteiger partial charge in [-0.2, -0.15) is 13.2 Å². The molecule has 6 heteroatoms. The minimum absolute atomic E-state index is 0.173. The second-order valence-electron chi connectivity index (χ2n) is 4.49. The van der Waals surface area contributed by atoms with Crippen molar-refractivity contribution in [3.8, 4) is 12.3 Å². The van der Waals surface area contributed by atoms with Crippen LogP contribution < -0.4 is 10.2 Å². The van der Waals surface area contributed by atoms with Crippen LogP contribution in [0.2, 0.25) is 0 Å². The number of hydrogen-bond donors (Lipinski definition) is 2. The van der Waals surface area contributed by atoms with Gasteiger partial charge in [0.15, 0.2) is 6.54 Å². The van der Waals surface area contributed by atoms with Gasteiger partial charge in [0.05, 0.1) is 19.2 Å². The van der Waals surface area contributed by atoms with E-state index >= 15 is 0 Å². The molecule has 0 spiro atoms. The third-order valence-corrected chi connectivity index (χ3v) is 2.64. The number of carbonyl (C=O) groups is 1. The van der Waals surface area contributed by atoms with Gasteiger partial charge in [0.2, 0.25) is 0 Å². The molecule has 0 saturated heterocycles. The van der Waals surface area contributed by atoms with Crippen molar-refractivity contribution in [2.45, 2.75) is 12.7 Å². The molecule has 3 nitrogen and oxygen atoms in total. The fourth-order valence-corrected chi connectivity index (χ4v) is 1.71. The number of rotatable bonds is 5. The quantitative estimate of drug-likeness (QED) is 0.758. The van der Waals surface area contributed by atoms with Gasteiger partial charge >= 0.3 is 6.18 Å². The molecule has 0 radical (unpaired) electrons. The highest BCUT2D eigenvalue weighted by Gasteiger charge is 2.30. The number of amides is 1. The van der Waals surface area contributed by atoms with Crippen LogP contribution in [-0.4, -0.2) is 26.0 Å². The first-order chi connectivity index (χ1) is 9.32. The Morgan fingerprint density at radius 3 is 2.45 bits per heavy atom. The van der Waals surface area contributed by atoms with Crippen molar-refractivity contribution in [2.24, 2.45) is 0 Å². The molecule has 1 aromatic rings. The first-order valence-corrected chi connectivity index (χ1v) is 6.00. The van der Waals surface area contributed by atoms with E-state index in [2.05, 4.69) is 11.2 Å². The maximum Gasteiger partial charge on any atom is 0.416 e. The summed E-state index contributed by atoms with van der Waals surface area (Å²) in [5.74, 6) is 2.11. The maximum absolute atomic E-state index is 12.4. The van der Waals surface area contributed by atoms with Crippen LogP contribution in [0.3, 0.4) is 0 Å². The summed E-state index contributed by atoms with van der Waals surface area (Å²) in [6.07, 6.45) is 0.690. The summed E-state index contributed by atoms with van der Waals surface area (Å²) in [5.41, 5.74) is 0.0610. The van der Waals surface area contributed by atoms with Crippen molar-refractivity contribution in [3.05, 3.63) is 35.4 Å². The fraction of sp³-hybridized carbons (Fsp3) is 0.357. The van der Waals surface area contributed by atoms with E-state index in [4.69, 9.17) is 6.42 Å². The van der Waals surface area contributed by atoms with Gasteiger partial charge in [0.25, 0.3) is 5.91 Å². The van der Waals surface area contributed by atoms with E-state index in [1.54, 1.807) is 7.05 Å². The highest BCUT2D eigenvalue weighted by molar-refractivity contribution is 5.77. The largest absolute Gasteiger partial charge is 0.416 e. The molecule has 1 unspecified atom stereocenters. The number of nitrogens with one attached hydrogen (secondary N) is 2. The lowest BCUT2D eigenvalue weighted by Crippen LogP contribution is -3.08. The Bertz CT molecular complexity index is 489. The number of likely N-dealkylation sites (N-methyl/N-ethyl adjacent to an activating group) is 1. The van der Waals surface area contributed by atoms with Crippen molar-refractivity contribution >= 4 is 5.91 Å². The van der Waals surface area contributed by atoms with Gasteiger partial charge in [-0.1, -0.05) is 18.1 Å². The summed E-state index contributed by atoms with van der Waals surface area (Å²) in [4.78, 5) is 12.3. The van der Waals surface area contributed by atoms with Crippen LogP contribution in [0.15, 0.2) is 24.3 Å². The number of carbonyl (C=O) groups excluding carboxylic acids is 1. The number of terminal acetylenes is 1. The van der Waals surface area contributed by atoms with Gasteiger partial charge in [-0.3, -0.25) is 4.79 Å². The van der Waals surface area contributed by atoms with Crippen LogP contribution in [-0.2, 0) is 17.5 Å². The number of benzene rings is 1. The second-order valence-corrected chi connectivity index (χ2v) is 4.49. The van der Waals surface area contributed by atoms with Crippen molar-refractivity contribution in [2.75, 3.05) is 20.1 Å². The summed E-state index contributed by atoms with van der Waals surface area (Å²) < 4.78 is 37.2. The predicted molar refractivity (Wildman–Crippen MR) is 68.7 cm³/mol. The lowest BCUT2D eigenvalue weighted by atomic mass is 10.1. The zero-order valence-electron chi connectivity index (χ0n) is 11.1. The summed E-state index contributed by atoms with van der Waals surface area (Å²) in [5, 5.41) is 2.53. The Kier molecular flexibility index (Phi) is 5.59. The van der Waals surface area contributed by atoms with E-state index in [0.717, 1.165) is 22.6 Å². The van der Waals surface area contributed by atoms with Crippen molar-refractivity contribution in [1.82, 2.24) is 5.32 Å². The van der Waals surface area contributed by atoms with Gasteiger partial charge in [-0.15, -0.1) is 6.42 Å². The summed E-state index contributed by atoms with van der Waals surface area (Å²) in [6.45, 7) is 0.844. The van der Waals surface area contributed by atoms with Crippen LogP contribution in [0, 0.1) is 12.3 Å². The number of hydrogen-bond acceptors (Lipinski definition) is 1. The number of halogens is 3. The minimum atomic E-state index is -4.33. The molecule has 0 aliphatic heterocycles. The Morgan fingerprint density at radius 2 is 1.95 bits per heavy atom. The average Bonchev–Trinajstić information content (AvgIpc) is 2.35. The molecule has 1 rings (SSSR count). The molecule has 20 heavy (non-hydrogen) atoms. The second kappa shape index (κ2) is 6.96. The van der Waals surface area contributed by atoms with Crippen molar-refractivity contribution < 1.29 is 22.9 Å². The molecule has 0 fully saturated rings. The molecule has 1 aromatic carbocycles. The smallest absolute Gasteiger partial charge is 0.340 e. The molecule has 0 aliphatic rings. The molecule has 0 aliphatic carbocycles. The average molecular weight is 285 g/mol. The van der Waals surface area contributed by atoms with Gasteiger partial charge < -0.3 is 10.2 Å². The lowest BCUT2D eigenvalue weighted by Gasteiger charge is -2.14. The molecular formula is C14H16F3N2O+. The van der Waals surface area contributed by atoms with Crippen LogP contribution >= 0.6 is 0 Å². The molecule has 0 heterocycles. The highest BCUT2D eigenvalue weighted by atomic mass is 19.4. The molecule has 0 bridgehead atoms. The molecule has 1 amide bonds. The van der Waals surface area contributed by atoms with Gasteiger partial charge in [0, 0.05) is 5.56 Å². The topological polar surface area (TPSA) is 33.5 Å². The van der Waals surface area contributed by atoms with Crippen LogP contribution in [0.4, 0.5) is 13.2 Å². The van der Waals surface area contributed by atoms with Gasteiger partial charge in [-0.25, -0.2) is 0 Å². The van der Waals surface area contributed by atoms with E-state index in [0.29, 0.717) is 6.54 Å². The Labute approximate surface area is 115 Å². The van der Waals surface area contributed by atoms with Crippen LogP contribution in [0.5, 0.6) is 0 Å².